The molecule has 4 heteroatoms. The van der Waals surface area contributed by atoms with Crippen LogP contribution >= 0.6 is 0 Å². The van der Waals surface area contributed by atoms with E-state index in [1.165, 1.54) is 5.69 Å². The van der Waals surface area contributed by atoms with Crippen LogP contribution in [0.25, 0.3) is 0 Å². The van der Waals surface area contributed by atoms with Crippen molar-refractivity contribution in [3.05, 3.63) is 24.0 Å². The lowest BCUT2D eigenvalue weighted by Crippen LogP contribution is -2.55. The molecule has 1 atom stereocenters. The van der Waals surface area contributed by atoms with Gasteiger partial charge in [-0.2, -0.15) is 0 Å². The molecular formula is C13H21N3O. The summed E-state index contributed by atoms with van der Waals surface area (Å²) >= 11 is 0. The van der Waals surface area contributed by atoms with Crippen molar-refractivity contribution in [1.82, 2.24) is 4.98 Å². The average Bonchev–Trinajstić information content (AvgIpc) is 2.27. The van der Waals surface area contributed by atoms with Crippen molar-refractivity contribution in [2.24, 2.45) is 5.73 Å². The highest BCUT2D eigenvalue weighted by atomic mass is 16.5. The second kappa shape index (κ2) is 4.63. The van der Waals surface area contributed by atoms with Crippen molar-refractivity contribution in [2.45, 2.75) is 32.5 Å². The van der Waals surface area contributed by atoms with Gasteiger partial charge >= 0.3 is 0 Å². The van der Waals surface area contributed by atoms with E-state index in [9.17, 15) is 0 Å². The summed E-state index contributed by atoms with van der Waals surface area (Å²) in [5, 5.41) is 0. The van der Waals surface area contributed by atoms with Gasteiger partial charge in [-0.15, -0.1) is 0 Å². The first-order valence-corrected chi connectivity index (χ1v) is 6.06. The highest BCUT2D eigenvalue weighted by molar-refractivity contribution is 5.47. The van der Waals surface area contributed by atoms with Crippen molar-refractivity contribution in [3.63, 3.8) is 0 Å². The molecule has 0 amide bonds. The molecule has 2 rings (SSSR count). The summed E-state index contributed by atoms with van der Waals surface area (Å²) in [5.41, 5.74) is 7.82. The second-order valence-corrected chi connectivity index (χ2v) is 5.27. The van der Waals surface area contributed by atoms with Crippen LogP contribution in [0.4, 0.5) is 5.69 Å². The first-order chi connectivity index (χ1) is 8.00. The molecule has 94 valence electrons. The summed E-state index contributed by atoms with van der Waals surface area (Å²) in [5.74, 6) is 0. The minimum absolute atomic E-state index is 0.104. The van der Waals surface area contributed by atoms with Gasteiger partial charge in [-0.3, -0.25) is 4.98 Å². The standard InChI is InChI=1S/C13H21N3O/c1-10-6-11(4-5-15-10)16-8-12(7-14)17-13(2,3)9-16/h4-6,12H,7-9,14H2,1-3H3. The monoisotopic (exact) mass is 235 g/mol. The van der Waals surface area contributed by atoms with E-state index in [1.807, 2.05) is 19.2 Å². The van der Waals surface area contributed by atoms with Gasteiger partial charge in [-0.05, 0) is 32.9 Å². The van der Waals surface area contributed by atoms with Gasteiger partial charge in [0, 0.05) is 37.2 Å². The Morgan fingerprint density at radius 3 is 3.00 bits per heavy atom. The largest absolute Gasteiger partial charge is 0.367 e. The van der Waals surface area contributed by atoms with Crippen molar-refractivity contribution >= 4 is 5.69 Å². The Kier molecular flexibility index (Phi) is 3.35. The van der Waals surface area contributed by atoms with Crippen LogP contribution in [0.15, 0.2) is 18.3 Å². The third kappa shape index (κ3) is 2.96. The van der Waals surface area contributed by atoms with Gasteiger partial charge in [0.25, 0.3) is 0 Å². The minimum Gasteiger partial charge on any atom is -0.367 e. The molecule has 0 radical (unpaired) electrons. The molecule has 1 saturated heterocycles. The molecule has 2 N–H and O–H groups in total. The predicted octanol–water partition coefficient (Wildman–Crippen LogP) is 1.33. The minimum atomic E-state index is -0.153. The Balaban J connectivity index is 2.20. The van der Waals surface area contributed by atoms with Gasteiger partial charge < -0.3 is 15.4 Å². The number of pyridine rings is 1. The summed E-state index contributed by atoms with van der Waals surface area (Å²) in [6.07, 6.45) is 1.96. The van der Waals surface area contributed by atoms with Crippen molar-refractivity contribution in [3.8, 4) is 0 Å². The zero-order chi connectivity index (χ0) is 12.5. The maximum atomic E-state index is 5.92. The molecule has 1 fully saturated rings. The molecule has 4 nitrogen and oxygen atoms in total. The number of hydrogen-bond acceptors (Lipinski definition) is 4. The number of nitrogens with two attached hydrogens (primary N) is 1. The fraction of sp³-hybridized carbons (Fsp3) is 0.615. The van der Waals surface area contributed by atoms with Crippen LogP contribution in [-0.2, 0) is 4.74 Å². The molecule has 1 aliphatic heterocycles. The van der Waals surface area contributed by atoms with Gasteiger partial charge in [-0.1, -0.05) is 0 Å². The van der Waals surface area contributed by atoms with Crippen LogP contribution < -0.4 is 10.6 Å². The molecule has 0 spiro atoms. The van der Waals surface area contributed by atoms with E-state index >= 15 is 0 Å². The molecule has 1 unspecified atom stereocenters. The van der Waals surface area contributed by atoms with E-state index in [0.717, 1.165) is 18.8 Å². The first-order valence-electron chi connectivity index (χ1n) is 6.06. The fourth-order valence-corrected chi connectivity index (χ4v) is 2.34. The lowest BCUT2D eigenvalue weighted by molar-refractivity contribution is -0.0788. The topological polar surface area (TPSA) is 51.4 Å². The van der Waals surface area contributed by atoms with Gasteiger partial charge in [0.15, 0.2) is 0 Å². The van der Waals surface area contributed by atoms with E-state index in [4.69, 9.17) is 10.5 Å². The van der Waals surface area contributed by atoms with E-state index in [2.05, 4.69) is 29.8 Å². The zero-order valence-corrected chi connectivity index (χ0v) is 10.8. The van der Waals surface area contributed by atoms with Crippen molar-refractivity contribution in [2.75, 3.05) is 24.5 Å². The molecule has 0 bridgehead atoms. The third-order valence-electron chi connectivity index (χ3n) is 2.99. The Bertz CT molecular complexity index is 392. The summed E-state index contributed by atoms with van der Waals surface area (Å²) < 4.78 is 5.92. The van der Waals surface area contributed by atoms with E-state index in [1.54, 1.807) is 0 Å². The lowest BCUT2D eigenvalue weighted by atomic mass is 10.0. The van der Waals surface area contributed by atoms with Crippen molar-refractivity contribution in [1.29, 1.82) is 0 Å². The summed E-state index contributed by atoms with van der Waals surface area (Å²) in [7, 11) is 0. The smallest absolute Gasteiger partial charge is 0.0879 e. The molecule has 0 saturated carbocycles. The molecule has 1 aromatic rings. The number of aryl methyl sites for hydroxylation is 1. The number of rotatable bonds is 2. The molecule has 1 aromatic heterocycles. The number of ether oxygens (including phenoxy) is 1. The SMILES string of the molecule is Cc1cc(N2CC(CN)OC(C)(C)C2)ccn1. The number of morpholine rings is 1. The van der Waals surface area contributed by atoms with Gasteiger partial charge in [-0.25, -0.2) is 0 Å². The number of hydrogen-bond donors (Lipinski definition) is 1. The van der Waals surface area contributed by atoms with Crippen LogP contribution in [0.1, 0.15) is 19.5 Å². The second-order valence-electron chi connectivity index (χ2n) is 5.27. The molecule has 2 heterocycles. The Hall–Kier alpha value is -1.13. The van der Waals surface area contributed by atoms with Crippen LogP contribution in [0, 0.1) is 6.92 Å². The van der Waals surface area contributed by atoms with Gasteiger partial charge in [0.05, 0.1) is 11.7 Å². The first kappa shape index (κ1) is 12.3. The fourth-order valence-electron chi connectivity index (χ4n) is 2.34. The van der Waals surface area contributed by atoms with Gasteiger partial charge in [0.2, 0.25) is 0 Å². The highest BCUT2D eigenvalue weighted by Crippen LogP contribution is 2.25. The Labute approximate surface area is 103 Å². The molecule has 17 heavy (non-hydrogen) atoms. The highest BCUT2D eigenvalue weighted by Gasteiger charge is 2.32. The Morgan fingerprint density at radius 1 is 1.59 bits per heavy atom. The number of anilines is 1. The summed E-state index contributed by atoms with van der Waals surface area (Å²) in [6.45, 7) is 8.52. The van der Waals surface area contributed by atoms with E-state index in [0.29, 0.717) is 6.54 Å². The molecule has 0 aromatic carbocycles. The van der Waals surface area contributed by atoms with Crippen LogP contribution in [0.3, 0.4) is 0 Å². The molecular weight excluding hydrogens is 214 g/mol. The lowest BCUT2D eigenvalue weighted by Gasteiger charge is -2.43. The number of aromatic nitrogens is 1. The normalized spacial score (nSPS) is 23.8. The van der Waals surface area contributed by atoms with Crippen LogP contribution in [0.5, 0.6) is 0 Å². The van der Waals surface area contributed by atoms with Gasteiger partial charge in [0.1, 0.15) is 0 Å². The van der Waals surface area contributed by atoms with Crippen LogP contribution in [0.2, 0.25) is 0 Å². The third-order valence-corrected chi connectivity index (χ3v) is 2.99. The van der Waals surface area contributed by atoms with Crippen LogP contribution in [-0.4, -0.2) is 36.3 Å². The van der Waals surface area contributed by atoms with Crippen molar-refractivity contribution < 1.29 is 4.74 Å². The molecule has 1 aliphatic rings. The number of nitrogens with zero attached hydrogens (tertiary/aromatic N) is 2. The summed E-state index contributed by atoms with van der Waals surface area (Å²) in [4.78, 5) is 6.56. The molecule has 0 aliphatic carbocycles. The van der Waals surface area contributed by atoms with E-state index in [-0.39, 0.29) is 11.7 Å². The summed E-state index contributed by atoms with van der Waals surface area (Å²) in [6, 6.07) is 4.15. The maximum Gasteiger partial charge on any atom is 0.0879 e. The average molecular weight is 235 g/mol. The van der Waals surface area contributed by atoms with E-state index < -0.39 is 0 Å². The quantitative estimate of drug-likeness (QED) is 0.840. The predicted molar refractivity (Wildman–Crippen MR) is 69.2 cm³/mol. The Morgan fingerprint density at radius 2 is 2.35 bits per heavy atom. The maximum absolute atomic E-state index is 5.92. The zero-order valence-electron chi connectivity index (χ0n) is 10.8.